The van der Waals surface area contributed by atoms with Crippen LogP contribution in [-0.2, 0) is 43.2 Å². The zero-order valence-corrected chi connectivity index (χ0v) is 22.4. The maximum atomic E-state index is 13.5. The van der Waals surface area contributed by atoms with E-state index in [1.54, 1.807) is 0 Å². The first-order chi connectivity index (χ1) is 20.0. The van der Waals surface area contributed by atoms with E-state index >= 15 is 0 Å². The van der Waals surface area contributed by atoms with E-state index in [2.05, 4.69) is 35.9 Å². The van der Waals surface area contributed by atoms with Crippen LogP contribution < -0.4 is 27.4 Å². The second-order valence-corrected chi connectivity index (χ2v) is 9.57. The van der Waals surface area contributed by atoms with Crippen LogP contribution in [0, 0.1) is 0 Å². The first-order valence-corrected chi connectivity index (χ1v) is 12.9. The van der Waals surface area contributed by atoms with Crippen LogP contribution in [0.15, 0.2) is 49.3 Å². The summed E-state index contributed by atoms with van der Waals surface area (Å²) >= 11 is 0. The molecule has 11 N–H and O–H groups in total. The van der Waals surface area contributed by atoms with E-state index in [0.717, 1.165) is 0 Å². The predicted molar refractivity (Wildman–Crippen MR) is 146 cm³/mol. The number of nitrogens with one attached hydrogen (secondary N) is 5. The number of benzene rings is 1. The maximum absolute atomic E-state index is 13.5. The lowest BCUT2D eigenvalue weighted by Gasteiger charge is -2.25. The summed E-state index contributed by atoms with van der Waals surface area (Å²) in [6.45, 7) is 0. The number of H-pyrrole nitrogens is 2. The van der Waals surface area contributed by atoms with Gasteiger partial charge in [-0.05, 0) is 24.1 Å². The molecule has 0 aliphatic rings. The van der Waals surface area contributed by atoms with Gasteiger partial charge < -0.3 is 47.6 Å². The van der Waals surface area contributed by atoms with Crippen molar-refractivity contribution in [2.75, 3.05) is 0 Å². The molecule has 0 fully saturated rings. The fourth-order valence-corrected chi connectivity index (χ4v) is 3.97. The predicted octanol–water partition coefficient (Wildman–Crippen LogP) is -2.00. The molecule has 0 saturated carbocycles. The van der Waals surface area contributed by atoms with Crippen molar-refractivity contribution in [3.8, 4) is 5.75 Å². The van der Waals surface area contributed by atoms with Crippen molar-refractivity contribution in [1.82, 2.24) is 35.9 Å². The zero-order chi connectivity index (χ0) is 30.6. The number of nitrogens with zero attached hydrogens (tertiary/aromatic N) is 2. The van der Waals surface area contributed by atoms with Crippen molar-refractivity contribution in [3.05, 3.63) is 66.3 Å². The quantitative estimate of drug-likeness (QED) is 0.0894. The van der Waals surface area contributed by atoms with Gasteiger partial charge in [-0.15, -0.1) is 0 Å². The monoisotopic (exact) mass is 583 g/mol. The molecule has 2 aromatic heterocycles. The molecular weight excluding hydrogens is 550 g/mol. The van der Waals surface area contributed by atoms with Gasteiger partial charge in [0.2, 0.25) is 23.6 Å². The molecule has 3 rings (SSSR count). The highest BCUT2D eigenvalue weighted by molar-refractivity contribution is 5.94. The molecule has 0 aliphatic heterocycles. The summed E-state index contributed by atoms with van der Waals surface area (Å²) in [7, 11) is 0. The van der Waals surface area contributed by atoms with Crippen molar-refractivity contribution in [2.45, 2.75) is 56.3 Å². The van der Waals surface area contributed by atoms with Gasteiger partial charge in [0.15, 0.2) is 0 Å². The molecule has 1 aromatic carbocycles. The van der Waals surface area contributed by atoms with Crippen LogP contribution >= 0.6 is 0 Å². The Kier molecular flexibility index (Phi) is 11.1. The van der Waals surface area contributed by atoms with Gasteiger partial charge in [-0.2, -0.15) is 0 Å². The number of aliphatic carboxylic acids is 1. The third kappa shape index (κ3) is 9.74. The molecule has 3 aromatic rings. The number of hydrogen-bond acceptors (Lipinski definition) is 9. The van der Waals surface area contributed by atoms with Crippen molar-refractivity contribution >= 4 is 29.6 Å². The van der Waals surface area contributed by atoms with E-state index < -0.39 is 53.8 Å². The molecule has 16 nitrogen and oxygen atoms in total. The van der Waals surface area contributed by atoms with Crippen LogP contribution in [0.1, 0.15) is 29.8 Å². The Bertz CT molecular complexity index is 1340. The molecule has 4 amide bonds. The second-order valence-electron chi connectivity index (χ2n) is 9.57. The van der Waals surface area contributed by atoms with Gasteiger partial charge in [-0.3, -0.25) is 19.2 Å². The number of hydrogen-bond donors (Lipinski definition) is 9. The molecular formula is C26H33N9O7. The summed E-state index contributed by atoms with van der Waals surface area (Å²) < 4.78 is 0. The number of phenols is 1. The third-order valence-corrected chi connectivity index (χ3v) is 6.25. The number of carboxylic acid groups (broad SMARTS) is 1. The van der Waals surface area contributed by atoms with E-state index in [4.69, 9.17) is 11.5 Å². The van der Waals surface area contributed by atoms with Crippen molar-refractivity contribution < 1.29 is 34.2 Å². The van der Waals surface area contributed by atoms with Crippen molar-refractivity contribution in [3.63, 3.8) is 0 Å². The SMILES string of the molecule is NC(=O)CCC(N)C(=O)NC(Cc1cnc[nH]1)C(=O)NC(Cc1cnc[nH]1)C(=O)NC(Cc1ccc(O)cc1)C(=O)O. The van der Waals surface area contributed by atoms with Gasteiger partial charge in [-0.1, -0.05) is 12.1 Å². The zero-order valence-electron chi connectivity index (χ0n) is 22.4. The van der Waals surface area contributed by atoms with Crippen LogP contribution in [0.4, 0.5) is 0 Å². The van der Waals surface area contributed by atoms with Crippen LogP contribution in [0.2, 0.25) is 0 Å². The number of carbonyl (C=O) groups excluding carboxylic acids is 4. The summed E-state index contributed by atoms with van der Waals surface area (Å²) in [5.74, 6) is -4.22. The molecule has 224 valence electrons. The molecule has 4 atom stereocenters. The number of rotatable bonds is 16. The topological polar surface area (TPSA) is 271 Å². The molecule has 4 unspecified atom stereocenters. The molecule has 42 heavy (non-hydrogen) atoms. The van der Waals surface area contributed by atoms with Crippen LogP contribution in [0.25, 0.3) is 0 Å². The molecule has 0 saturated heterocycles. The van der Waals surface area contributed by atoms with Gasteiger partial charge >= 0.3 is 5.97 Å². The maximum Gasteiger partial charge on any atom is 0.326 e. The molecule has 0 bridgehead atoms. The normalized spacial score (nSPS) is 13.7. The Morgan fingerprint density at radius 1 is 0.786 bits per heavy atom. The Balaban J connectivity index is 1.78. The lowest BCUT2D eigenvalue weighted by atomic mass is 10.0. The van der Waals surface area contributed by atoms with Crippen LogP contribution in [0.3, 0.4) is 0 Å². The highest BCUT2D eigenvalue weighted by Gasteiger charge is 2.31. The van der Waals surface area contributed by atoms with E-state index in [1.807, 2.05) is 0 Å². The fourth-order valence-electron chi connectivity index (χ4n) is 3.97. The van der Waals surface area contributed by atoms with E-state index in [1.165, 1.54) is 49.3 Å². The standard InChI is InChI=1S/C26H33N9O7/c27-18(5-6-22(28)37)23(38)33-19(8-15-10-29-12-31-15)24(39)34-20(9-16-11-30-13-32-16)25(40)35-21(26(41)42)7-14-1-3-17(36)4-2-14/h1-4,10-13,18-21,36H,5-9,27H2,(H2,28,37)(H,29,31)(H,30,32)(H,33,38)(H,34,39)(H,35,40)(H,41,42). The molecule has 0 radical (unpaired) electrons. The summed E-state index contributed by atoms with van der Waals surface area (Å²) in [5.41, 5.74) is 12.5. The highest BCUT2D eigenvalue weighted by Crippen LogP contribution is 2.12. The minimum absolute atomic E-state index is 0.00240. The minimum atomic E-state index is -1.35. The summed E-state index contributed by atoms with van der Waals surface area (Å²) in [5, 5.41) is 26.8. The number of carboxylic acids is 1. The average Bonchev–Trinajstić information content (AvgIpc) is 3.66. The van der Waals surface area contributed by atoms with E-state index in [9.17, 15) is 34.2 Å². The van der Waals surface area contributed by atoms with Gasteiger partial charge in [0.25, 0.3) is 0 Å². The lowest BCUT2D eigenvalue weighted by Crippen LogP contribution is -2.58. The summed E-state index contributed by atoms with van der Waals surface area (Å²) in [6, 6.07) is 0.861. The summed E-state index contributed by atoms with van der Waals surface area (Å²) in [6.07, 6.45) is 5.28. The first-order valence-electron chi connectivity index (χ1n) is 12.9. The second kappa shape index (κ2) is 14.9. The Labute approximate surface area is 239 Å². The van der Waals surface area contributed by atoms with Crippen molar-refractivity contribution in [2.24, 2.45) is 11.5 Å². The molecule has 0 aliphatic carbocycles. The molecule has 16 heteroatoms. The number of phenolic OH excluding ortho intramolecular Hbond substituents is 1. The molecule has 0 spiro atoms. The van der Waals surface area contributed by atoms with Gasteiger partial charge in [0, 0.05) is 49.5 Å². The number of carbonyl (C=O) groups is 5. The smallest absolute Gasteiger partial charge is 0.326 e. The number of aromatic hydroxyl groups is 1. The minimum Gasteiger partial charge on any atom is -0.508 e. The van der Waals surface area contributed by atoms with Crippen molar-refractivity contribution in [1.29, 1.82) is 0 Å². The third-order valence-electron chi connectivity index (χ3n) is 6.25. The van der Waals surface area contributed by atoms with Gasteiger partial charge in [0.05, 0.1) is 18.7 Å². The Morgan fingerprint density at radius 2 is 1.29 bits per heavy atom. The molecule has 2 heterocycles. The number of imidazole rings is 2. The number of nitrogens with two attached hydrogens (primary N) is 2. The van der Waals surface area contributed by atoms with Crippen LogP contribution in [0.5, 0.6) is 5.75 Å². The number of aromatic amines is 2. The van der Waals surface area contributed by atoms with E-state index in [0.29, 0.717) is 17.0 Å². The highest BCUT2D eigenvalue weighted by atomic mass is 16.4. The summed E-state index contributed by atoms with van der Waals surface area (Å²) in [4.78, 5) is 76.1. The largest absolute Gasteiger partial charge is 0.508 e. The first kappa shape index (κ1) is 31.3. The fraction of sp³-hybridized carbons (Fsp3) is 0.346. The average molecular weight is 584 g/mol. The van der Waals surface area contributed by atoms with E-state index in [-0.39, 0.29) is 37.9 Å². The van der Waals surface area contributed by atoms with Gasteiger partial charge in [0.1, 0.15) is 23.9 Å². The van der Waals surface area contributed by atoms with Crippen LogP contribution in [-0.4, -0.2) is 83.9 Å². The Hall–Kier alpha value is -5.25. The lowest BCUT2D eigenvalue weighted by molar-refractivity contribution is -0.142. The number of aromatic nitrogens is 4. The number of primary amides is 1. The number of amides is 4. The Morgan fingerprint density at radius 3 is 1.74 bits per heavy atom. The van der Waals surface area contributed by atoms with Gasteiger partial charge in [-0.25, -0.2) is 14.8 Å².